The number of benzene rings is 2. The minimum atomic E-state index is 0.342. The third-order valence-electron chi connectivity index (χ3n) is 4.34. The topological polar surface area (TPSA) is 84.7 Å². The number of anilines is 1. The zero-order valence-electron chi connectivity index (χ0n) is 15.3. The van der Waals surface area contributed by atoms with Crippen molar-refractivity contribution in [1.29, 1.82) is 0 Å². The number of aromatic amines is 1. The lowest BCUT2D eigenvalue weighted by Gasteiger charge is -2.12. The van der Waals surface area contributed by atoms with Gasteiger partial charge in [0.25, 0.3) is 0 Å². The Morgan fingerprint density at radius 3 is 2.73 bits per heavy atom. The van der Waals surface area contributed by atoms with Crippen LogP contribution in [0, 0.1) is 6.92 Å². The van der Waals surface area contributed by atoms with Crippen LogP contribution in [0.4, 0.5) is 5.69 Å². The molecule has 0 spiro atoms. The molecule has 6 nitrogen and oxygen atoms in total. The number of aryl methyl sites for hydroxylation is 1. The lowest BCUT2D eigenvalue weighted by Crippen LogP contribution is -2.23. The quantitative estimate of drug-likeness (QED) is 0.468. The first-order valence-electron chi connectivity index (χ1n) is 8.47. The van der Waals surface area contributed by atoms with Gasteiger partial charge in [0, 0.05) is 29.2 Å². The average Bonchev–Trinajstić information content (AvgIpc) is 2.97. The number of para-hydroxylation sites is 1. The Morgan fingerprint density at radius 2 is 1.96 bits per heavy atom. The van der Waals surface area contributed by atoms with Crippen molar-refractivity contribution in [3.63, 3.8) is 0 Å². The van der Waals surface area contributed by atoms with Gasteiger partial charge >= 0.3 is 0 Å². The summed E-state index contributed by atoms with van der Waals surface area (Å²) >= 11 is 0. The molecule has 0 aliphatic carbocycles. The van der Waals surface area contributed by atoms with Gasteiger partial charge in [0.15, 0.2) is 5.96 Å². The minimum absolute atomic E-state index is 0.342. The molecule has 0 saturated heterocycles. The Kier molecular flexibility index (Phi) is 5.31. The Balaban J connectivity index is 1.70. The van der Waals surface area contributed by atoms with Gasteiger partial charge in [-0.2, -0.15) is 0 Å². The molecule has 1 aromatic heterocycles. The summed E-state index contributed by atoms with van der Waals surface area (Å²) in [6, 6.07) is 13.8. The number of hydrogen-bond acceptors (Lipinski definition) is 3. The van der Waals surface area contributed by atoms with Crippen LogP contribution in [0.15, 0.2) is 47.5 Å². The van der Waals surface area contributed by atoms with Gasteiger partial charge in [-0.15, -0.1) is 0 Å². The lowest BCUT2D eigenvalue weighted by atomic mass is 10.1. The molecule has 0 fully saturated rings. The molecule has 3 aromatic rings. The molecule has 4 N–H and O–H groups in total. The van der Waals surface area contributed by atoms with Crippen LogP contribution < -0.4 is 20.5 Å². The average molecular weight is 352 g/mol. The maximum atomic E-state index is 6.05. The summed E-state index contributed by atoms with van der Waals surface area (Å²) in [5.74, 6) is 1.74. The number of H-pyrrole nitrogens is 1. The van der Waals surface area contributed by atoms with Crippen molar-refractivity contribution in [2.75, 3.05) is 26.1 Å². The van der Waals surface area contributed by atoms with E-state index >= 15 is 0 Å². The van der Waals surface area contributed by atoms with Crippen LogP contribution in [0.1, 0.15) is 11.3 Å². The number of nitrogens with two attached hydrogens (primary N) is 1. The predicted octanol–water partition coefficient (Wildman–Crippen LogP) is 3.46. The fraction of sp³-hybridized carbons (Fsp3) is 0.250. The third kappa shape index (κ3) is 3.74. The molecule has 0 amide bonds. The molecule has 0 aliphatic heterocycles. The predicted molar refractivity (Wildman–Crippen MR) is 106 cm³/mol. The first-order chi connectivity index (χ1) is 12.6. The van der Waals surface area contributed by atoms with Crippen LogP contribution in [-0.2, 0) is 6.42 Å². The smallest absolute Gasteiger partial charge is 0.193 e. The fourth-order valence-corrected chi connectivity index (χ4v) is 3.03. The van der Waals surface area contributed by atoms with E-state index in [0.29, 0.717) is 18.3 Å². The zero-order valence-corrected chi connectivity index (χ0v) is 15.3. The van der Waals surface area contributed by atoms with E-state index in [2.05, 4.69) is 34.3 Å². The number of ether oxygens (including phenoxy) is 2. The van der Waals surface area contributed by atoms with Gasteiger partial charge in [-0.1, -0.05) is 18.2 Å². The summed E-state index contributed by atoms with van der Waals surface area (Å²) in [4.78, 5) is 7.85. The van der Waals surface area contributed by atoms with E-state index in [-0.39, 0.29) is 0 Å². The summed E-state index contributed by atoms with van der Waals surface area (Å²) < 4.78 is 10.6. The summed E-state index contributed by atoms with van der Waals surface area (Å²) in [7, 11) is 3.23. The molecule has 2 aromatic carbocycles. The summed E-state index contributed by atoms with van der Waals surface area (Å²) in [5, 5.41) is 4.32. The number of nitrogens with zero attached hydrogens (tertiary/aromatic N) is 1. The zero-order chi connectivity index (χ0) is 18.5. The number of guanidine groups is 1. The van der Waals surface area contributed by atoms with Gasteiger partial charge < -0.3 is 25.5 Å². The second-order valence-corrected chi connectivity index (χ2v) is 5.98. The van der Waals surface area contributed by atoms with Gasteiger partial charge in [0.1, 0.15) is 11.5 Å². The summed E-state index contributed by atoms with van der Waals surface area (Å²) in [6.07, 6.45) is 0.813. The van der Waals surface area contributed by atoms with Crippen molar-refractivity contribution in [2.24, 2.45) is 10.7 Å². The van der Waals surface area contributed by atoms with Crippen molar-refractivity contribution in [3.05, 3.63) is 53.7 Å². The van der Waals surface area contributed by atoms with E-state index in [1.54, 1.807) is 14.2 Å². The summed E-state index contributed by atoms with van der Waals surface area (Å²) in [5.41, 5.74) is 10.4. The van der Waals surface area contributed by atoms with E-state index in [1.807, 2.05) is 30.3 Å². The molecule has 3 rings (SSSR count). The number of nitrogens with one attached hydrogen (secondary N) is 2. The molecule has 0 bridgehead atoms. The van der Waals surface area contributed by atoms with E-state index in [0.717, 1.165) is 23.4 Å². The van der Waals surface area contributed by atoms with Gasteiger partial charge in [-0.3, -0.25) is 4.99 Å². The van der Waals surface area contributed by atoms with Gasteiger partial charge in [0.2, 0.25) is 0 Å². The van der Waals surface area contributed by atoms with Gasteiger partial charge in [-0.05, 0) is 37.1 Å². The van der Waals surface area contributed by atoms with E-state index in [4.69, 9.17) is 15.2 Å². The number of hydrogen-bond donors (Lipinski definition) is 3. The van der Waals surface area contributed by atoms with Crippen molar-refractivity contribution >= 4 is 22.5 Å². The Morgan fingerprint density at radius 1 is 1.15 bits per heavy atom. The van der Waals surface area contributed by atoms with E-state index < -0.39 is 0 Å². The molecule has 0 unspecified atom stereocenters. The van der Waals surface area contributed by atoms with Crippen molar-refractivity contribution in [3.8, 4) is 11.5 Å². The lowest BCUT2D eigenvalue weighted by molar-refractivity contribution is 0.405. The Hall–Kier alpha value is -3.15. The van der Waals surface area contributed by atoms with Crippen LogP contribution in [0.3, 0.4) is 0 Å². The maximum Gasteiger partial charge on any atom is 0.193 e. The van der Waals surface area contributed by atoms with Crippen LogP contribution in [0.25, 0.3) is 10.9 Å². The van der Waals surface area contributed by atoms with Crippen LogP contribution in [-0.4, -0.2) is 31.7 Å². The van der Waals surface area contributed by atoms with Gasteiger partial charge in [0.05, 0.1) is 19.9 Å². The highest BCUT2D eigenvalue weighted by atomic mass is 16.5. The van der Waals surface area contributed by atoms with Crippen molar-refractivity contribution < 1.29 is 9.47 Å². The minimum Gasteiger partial charge on any atom is -0.497 e. The molecule has 0 radical (unpaired) electrons. The number of aromatic nitrogens is 1. The molecule has 0 aliphatic rings. The van der Waals surface area contributed by atoms with Gasteiger partial charge in [-0.25, -0.2) is 0 Å². The Bertz CT molecular complexity index is 931. The van der Waals surface area contributed by atoms with Crippen LogP contribution in [0.5, 0.6) is 11.5 Å². The maximum absolute atomic E-state index is 6.05. The van der Waals surface area contributed by atoms with Crippen molar-refractivity contribution in [1.82, 2.24) is 4.98 Å². The molecule has 1 heterocycles. The van der Waals surface area contributed by atoms with Crippen molar-refractivity contribution in [2.45, 2.75) is 13.3 Å². The summed E-state index contributed by atoms with van der Waals surface area (Å²) in [6.45, 7) is 2.68. The number of aliphatic imine (C=N–C) groups is 1. The second-order valence-electron chi connectivity index (χ2n) is 5.98. The standard InChI is InChI=1S/C20H24N4O2/c1-13-15(16-6-4-5-7-17(16)23-13)10-11-22-20(21)24-18-12-14(25-2)8-9-19(18)26-3/h4-9,12,23H,10-11H2,1-3H3,(H3,21,22,24). The molecule has 26 heavy (non-hydrogen) atoms. The highest BCUT2D eigenvalue weighted by Gasteiger charge is 2.08. The monoisotopic (exact) mass is 352 g/mol. The molecular formula is C20H24N4O2. The molecular weight excluding hydrogens is 328 g/mol. The highest BCUT2D eigenvalue weighted by Crippen LogP contribution is 2.28. The fourth-order valence-electron chi connectivity index (χ4n) is 3.03. The van der Waals surface area contributed by atoms with E-state index in [9.17, 15) is 0 Å². The normalized spacial score (nSPS) is 11.6. The van der Waals surface area contributed by atoms with E-state index in [1.165, 1.54) is 16.6 Å². The largest absolute Gasteiger partial charge is 0.497 e. The molecule has 0 atom stereocenters. The SMILES string of the molecule is COc1ccc(OC)c(NC(N)=NCCc2c(C)[nH]c3ccccc23)c1. The Labute approximate surface area is 153 Å². The first kappa shape index (κ1) is 17.7. The first-order valence-corrected chi connectivity index (χ1v) is 8.47. The van der Waals surface area contributed by atoms with Crippen LogP contribution in [0.2, 0.25) is 0 Å². The third-order valence-corrected chi connectivity index (χ3v) is 4.34. The highest BCUT2D eigenvalue weighted by molar-refractivity contribution is 5.94. The number of rotatable bonds is 6. The molecule has 0 saturated carbocycles. The number of fused-ring (bicyclic) bond motifs is 1. The number of methoxy groups -OCH3 is 2. The molecule has 6 heteroatoms. The molecule has 136 valence electrons. The van der Waals surface area contributed by atoms with Crippen LogP contribution >= 0.6 is 0 Å². The second kappa shape index (κ2) is 7.82.